The zero-order chi connectivity index (χ0) is 12.3. The minimum absolute atomic E-state index is 0.201. The first-order chi connectivity index (χ1) is 8.24. The molecular weight excluding hydrogens is 218 g/mol. The van der Waals surface area contributed by atoms with E-state index in [0.29, 0.717) is 10.9 Å². The molecule has 1 heterocycles. The van der Waals surface area contributed by atoms with E-state index in [1.807, 2.05) is 12.1 Å². The maximum absolute atomic E-state index is 11.8. The maximum atomic E-state index is 11.8. The quantitative estimate of drug-likeness (QED) is 0.374. The van der Waals surface area contributed by atoms with E-state index in [1.165, 1.54) is 6.20 Å². The predicted molar refractivity (Wildman–Crippen MR) is 62.4 cm³/mol. The molecule has 0 saturated heterocycles. The number of para-hydroxylation sites is 1. The topological polar surface area (TPSA) is 59.2 Å². The summed E-state index contributed by atoms with van der Waals surface area (Å²) in [6.07, 6.45) is 6.43. The van der Waals surface area contributed by atoms with Gasteiger partial charge >= 0.3 is 5.97 Å². The fraction of sp³-hybridized carbons (Fsp3) is 0.0769. The molecule has 4 heteroatoms. The molecule has 0 bridgehead atoms. The lowest BCUT2D eigenvalue weighted by Gasteiger charge is -1.98. The number of terminal acetylenes is 1. The summed E-state index contributed by atoms with van der Waals surface area (Å²) in [4.78, 5) is 26.0. The van der Waals surface area contributed by atoms with Crippen LogP contribution in [0.15, 0.2) is 30.5 Å². The lowest BCUT2D eigenvalue weighted by atomic mass is 10.1. The van der Waals surface area contributed by atoms with Crippen molar-refractivity contribution in [3.05, 3.63) is 36.0 Å². The molecule has 4 nitrogen and oxygen atoms in total. The summed E-state index contributed by atoms with van der Waals surface area (Å²) in [7, 11) is 0. The number of fused-ring (bicyclic) bond motifs is 1. The van der Waals surface area contributed by atoms with Crippen molar-refractivity contribution >= 4 is 22.7 Å². The Labute approximate surface area is 97.6 Å². The van der Waals surface area contributed by atoms with E-state index in [9.17, 15) is 9.59 Å². The fourth-order valence-electron chi connectivity index (χ4n) is 1.54. The Morgan fingerprint density at radius 1 is 1.35 bits per heavy atom. The van der Waals surface area contributed by atoms with Crippen LogP contribution in [-0.2, 0) is 9.53 Å². The van der Waals surface area contributed by atoms with Gasteiger partial charge in [0.2, 0.25) is 0 Å². The standard InChI is InChI=1S/C13H9NO3/c1-2-7-17-13(16)12(15)10-8-14-11-6-4-3-5-9(10)11/h1,3-6,8,14H,7H2. The second-order valence-electron chi connectivity index (χ2n) is 3.36. The number of Topliss-reactive ketones (excluding diaryl/α,β-unsaturated/α-hetero) is 1. The molecule has 0 aliphatic carbocycles. The summed E-state index contributed by atoms with van der Waals surface area (Å²) < 4.78 is 4.59. The number of aromatic nitrogens is 1. The first-order valence-electron chi connectivity index (χ1n) is 4.95. The molecule has 0 radical (unpaired) electrons. The zero-order valence-corrected chi connectivity index (χ0v) is 8.90. The molecule has 1 N–H and O–H groups in total. The van der Waals surface area contributed by atoms with Crippen molar-refractivity contribution in [3.63, 3.8) is 0 Å². The van der Waals surface area contributed by atoms with Crippen molar-refractivity contribution in [2.24, 2.45) is 0 Å². The summed E-state index contributed by atoms with van der Waals surface area (Å²) in [6, 6.07) is 7.20. The van der Waals surface area contributed by atoms with Gasteiger partial charge in [0.15, 0.2) is 6.61 Å². The number of rotatable bonds is 3. The van der Waals surface area contributed by atoms with Crippen LogP contribution in [0.4, 0.5) is 0 Å². The van der Waals surface area contributed by atoms with Crippen LogP contribution in [0.5, 0.6) is 0 Å². The normalized spacial score (nSPS) is 9.82. The Morgan fingerprint density at radius 2 is 2.12 bits per heavy atom. The largest absolute Gasteiger partial charge is 0.447 e. The van der Waals surface area contributed by atoms with Gasteiger partial charge < -0.3 is 9.72 Å². The molecule has 0 fully saturated rings. The molecule has 1 aromatic carbocycles. The Kier molecular flexibility index (Phi) is 2.93. The molecule has 17 heavy (non-hydrogen) atoms. The second-order valence-corrected chi connectivity index (χ2v) is 3.36. The highest BCUT2D eigenvalue weighted by atomic mass is 16.5. The number of benzene rings is 1. The van der Waals surface area contributed by atoms with Crippen molar-refractivity contribution in [1.82, 2.24) is 4.98 Å². The third kappa shape index (κ3) is 2.04. The highest BCUT2D eigenvalue weighted by Gasteiger charge is 2.20. The van der Waals surface area contributed by atoms with E-state index in [2.05, 4.69) is 15.6 Å². The summed E-state index contributed by atoms with van der Waals surface area (Å²) in [5.74, 6) is 0.499. The van der Waals surface area contributed by atoms with E-state index >= 15 is 0 Å². The smallest absolute Gasteiger partial charge is 0.380 e. The van der Waals surface area contributed by atoms with Crippen LogP contribution in [0.3, 0.4) is 0 Å². The molecule has 0 amide bonds. The number of H-pyrrole nitrogens is 1. The SMILES string of the molecule is C#CCOC(=O)C(=O)c1c[nH]c2ccccc12. The number of esters is 1. The second kappa shape index (κ2) is 4.54. The van der Waals surface area contributed by atoms with Crippen molar-refractivity contribution < 1.29 is 14.3 Å². The molecule has 0 atom stereocenters. The summed E-state index contributed by atoms with van der Waals surface area (Å²) in [5, 5.41) is 0.690. The first kappa shape index (κ1) is 11.0. The minimum atomic E-state index is -0.937. The molecule has 0 saturated carbocycles. The minimum Gasteiger partial charge on any atom is -0.447 e. The van der Waals surface area contributed by atoms with Gasteiger partial charge in [0.1, 0.15) is 0 Å². The lowest BCUT2D eigenvalue weighted by molar-refractivity contribution is -0.136. The van der Waals surface area contributed by atoms with Gasteiger partial charge in [-0.2, -0.15) is 0 Å². The van der Waals surface area contributed by atoms with E-state index in [-0.39, 0.29) is 6.61 Å². The van der Waals surface area contributed by atoms with Crippen molar-refractivity contribution in [1.29, 1.82) is 0 Å². The van der Waals surface area contributed by atoms with E-state index in [4.69, 9.17) is 6.42 Å². The number of hydrogen-bond acceptors (Lipinski definition) is 3. The number of carbonyl (C=O) groups excluding carboxylic acids is 2. The molecule has 2 aromatic rings. The van der Waals surface area contributed by atoms with Gasteiger partial charge in [0.25, 0.3) is 5.78 Å². The molecule has 0 aliphatic rings. The number of ketones is 1. The molecule has 0 spiro atoms. The van der Waals surface area contributed by atoms with Gasteiger partial charge in [-0.25, -0.2) is 4.79 Å². The molecule has 2 rings (SSSR count). The summed E-state index contributed by atoms with van der Waals surface area (Å²) in [6.45, 7) is -0.201. The number of ether oxygens (including phenoxy) is 1. The average molecular weight is 227 g/mol. The van der Waals surface area contributed by atoms with Gasteiger partial charge in [-0.1, -0.05) is 24.1 Å². The van der Waals surface area contributed by atoms with Crippen LogP contribution in [-0.4, -0.2) is 23.3 Å². The average Bonchev–Trinajstić information content (AvgIpc) is 2.78. The first-order valence-corrected chi connectivity index (χ1v) is 4.95. The summed E-state index contributed by atoms with van der Waals surface area (Å²) in [5.41, 5.74) is 1.09. The zero-order valence-electron chi connectivity index (χ0n) is 8.90. The van der Waals surface area contributed by atoms with Crippen LogP contribution in [0, 0.1) is 12.3 Å². The highest BCUT2D eigenvalue weighted by molar-refractivity contribution is 6.43. The molecular formula is C13H9NO3. The monoisotopic (exact) mass is 227 g/mol. The molecule has 84 valence electrons. The van der Waals surface area contributed by atoms with E-state index < -0.39 is 11.8 Å². The molecule has 0 unspecified atom stereocenters. The van der Waals surface area contributed by atoms with Crippen molar-refractivity contribution in [3.8, 4) is 12.3 Å². The van der Waals surface area contributed by atoms with Crippen LogP contribution >= 0.6 is 0 Å². The van der Waals surface area contributed by atoms with Crippen molar-refractivity contribution in [2.75, 3.05) is 6.61 Å². The number of hydrogen-bond donors (Lipinski definition) is 1. The molecule has 0 aliphatic heterocycles. The van der Waals surface area contributed by atoms with E-state index in [0.717, 1.165) is 5.52 Å². The number of carbonyl (C=O) groups is 2. The number of nitrogens with one attached hydrogen (secondary N) is 1. The Hall–Kier alpha value is -2.54. The Balaban J connectivity index is 2.31. The van der Waals surface area contributed by atoms with E-state index in [1.54, 1.807) is 12.1 Å². The Morgan fingerprint density at radius 3 is 2.88 bits per heavy atom. The number of aromatic amines is 1. The van der Waals surface area contributed by atoms with Crippen LogP contribution in [0.2, 0.25) is 0 Å². The fourth-order valence-corrected chi connectivity index (χ4v) is 1.54. The van der Waals surface area contributed by atoms with Gasteiger partial charge in [-0.15, -0.1) is 6.42 Å². The van der Waals surface area contributed by atoms with Gasteiger partial charge in [-0.05, 0) is 6.07 Å². The summed E-state index contributed by atoms with van der Waals surface area (Å²) >= 11 is 0. The molecule has 1 aromatic heterocycles. The lowest BCUT2D eigenvalue weighted by Crippen LogP contribution is -2.17. The predicted octanol–water partition coefficient (Wildman–Crippen LogP) is 1.53. The Bertz CT molecular complexity index is 619. The third-order valence-corrected chi connectivity index (χ3v) is 2.31. The van der Waals surface area contributed by atoms with Crippen LogP contribution in [0.1, 0.15) is 10.4 Å². The van der Waals surface area contributed by atoms with Gasteiger partial charge in [-0.3, -0.25) is 4.79 Å². The maximum Gasteiger partial charge on any atom is 0.380 e. The van der Waals surface area contributed by atoms with Crippen LogP contribution in [0.25, 0.3) is 10.9 Å². The van der Waals surface area contributed by atoms with Crippen LogP contribution < -0.4 is 0 Å². The van der Waals surface area contributed by atoms with Crippen molar-refractivity contribution in [2.45, 2.75) is 0 Å². The van der Waals surface area contributed by atoms with Gasteiger partial charge in [0, 0.05) is 17.1 Å². The third-order valence-electron chi connectivity index (χ3n) is 2.31. The van der Waals surface area contributed by atoms with Gasteiger partial charge in [0.05, 0.1) is 5.56 Å². The highest BCUT2D eigenvalue weighted by Crippen LogP contribution is 2.18.